The van der Waals surface area contributed by atoms with E-state index in [4.69, 9.17) is 11.6 Å². The molecule has 0 bridgehead atoms. The van der Waals surface area contributed by atoms with Crippen LogP contribution in [-0.4, -0.2) is 12.6 Å². The first-order valence-corrected chi connectivity index (χ1v) is 7.00. The van der Waals surface area contributed by atoms with Crippen molar-refractivity contribution in [3.63, 3.8) is 0 Å². The van der Waals surface area contributed by atoms with E-state index in [0.29, 0.717) is 11.5 Å². The van der Waals surface area contributed by atoms with E-state index in [1.807, 2.05) is 0 Å². The van der Waals surface area contributed by atoms with Crippen LogP contribution in [0.4, 0.5) is 0 Å². The Morgan fingerprint density at radius 3 is 2.67 bits per heavy atom. The molecule has 3 heteroatoms. The lowest BCUT2D eigenvalue weighted by Gasteiger charge is -2.46. The van der Waals surface area contributed by atoms with Crippen LogP contribution in [0.1, 0.15) is 37.0 Å². The Kier molecular flexibility index (Phi) is 2.54. The van der Waals surface area contributed by atoms with Gasteiger partial charge in [-0.15, -0.1) is 11.3 Å². The highest BCUT2D eigenvalue weighted by molar-refractivity contribution is 7.16. The van der Waals surface area contributed by atoms with Crippen LogP contribution in [0.15, 0.2) is 12.1 Å². The van der Waals surface area contributed by atoms with Crippen LogP contribution < -0.4 is 5.32 Å². The number of nitrogens with one attached hydrogen (secondary N) is 1. The van der Waals surface area contributed by atoms with E-state index in [0.717, 1.165) is 4.34 Å². The molecule has 1 aromatic heterocycles. The first-order valence-electron chi connectivity index (χ1n) is 5.80. The molecule has 0 aromatic carbocycles. The van der Waals surface area contributed by atoms with Crippen molar-refractivity contribution < 1.29 is 0 Å². The Hall–Kier alpha value is -0.0500. The van der Waals surface area contributed by atoms with E-state index in [1.54, 1.807) is 11.3 Å². The SMILES string of the molecule is Clc1ccc(C2(C3CCCN3)CCC2)s1. The fraction of sp³-hybridized carbons (Fsp3) is 0.667. The molecule has 0 spiro atoms. The Morgan fingerprint density at radius 2 is 2.20 bits per heavy atom. The molecule has 2 fully saturated rings. The van der Waals surface area contributed by atoms with Gasteiger partial charge in [-0.3, -0.25) is 0 Å². The molecule has 1 N–H and O–H groups in total. The molecule has 3 rings (SSSR count). The van der Waals surface area contributed by atoms with Crippen molar-refractivity contribution in [2.24, 2.45) is 0 Å². The lowest BCUT2D eigenvalue weighted by Crippen LogP contribution is -2.49. The van der Waals surface area contributed by atoms with Crippen LogP contribution in [0.2, 0.25) is 4.34 Å². The van der Waals surface area contributed by atoms with Crippen LogP contribution in [0.5, 0.6) is 0 Å². The minimum atomic E-state index is 0.439. The minimum Gasteiger partial charge on any atom is -0.313 e. The lowest BCUT2D eigenvalue weighted by molar-refractivity contribution is 0.186. The highest BCUT2D eigenvalue weighted by Gasteiger charge is 2.47. The van der Waals surface area contributed by atoms with Gasteiger partial charge in [-0.05, 0) is 44.4 Å². The minimum absolute atomic E-state index is 0.439. The summed E-state index contributed by atoms with van der Waals surface area (Å²) in [6, 6.07) is 5.00. The molecule has 2 heterocycles. The van der Waals surface area contributed by atoms with Crippen molar-refractivity contribution in [2.45, 2.75) is 43.6 Å². The Balaban J connectivity index is 1.91. The van der Waals surface area contributed by atoms with Crippen LogP contribution >= 0.6 is 22.9 Å². The fourth-order valence-electron chi connectivity index (χ4n) is 3.06. The second-order valence-electron chi connectivity index (χ2n) is 4.76. The van der Waals surface area contributed by atoms with Gasteiger partial charge >= 0.3 is 0 Å². The monoisotopic (exact) mass is 241 g/mol. The molecular formula is C12H16ClNS. The number of halogens is 1. The Bertz CT molecular complexity index is 350. The molecule has 1 nitrogen and oxygen atoms in total. The predicted octanol–water partition coefficient (Wildman–Crippen LogP) is 3.58. The first kappa shape index (κ1) is 10.1. The maximum atomic E-state index is 6.05. The molecule has 1 atom stereocenters. The van der Waals surface area contributed by atoms with Crippen LogP contribution in [0, 0.1) is 0 Å². The van der Waals surface area contributed by atoms with Gasteiger partial charge in [0.1, 0.15) is 0 Å². The van der Waals surface area contributed by atoms with Gasteiger partial charge in [0.15, 0.2) is 0 Å². The fourth-order valence-corrected chi connectivity index (χ4v) is 4.41. The zero-order valence-corrected chi connectivity index (χ0v) is 10.3. The van der Waals surface area contributed by atoms with E-state index in [9.17, 15) is 0 Å². The predicted molar refractivity (Wildman–Crippen MR) is 65.9 cm³/mol. The van der Waals surface area contributed by atoms with Crippen molar-refractivity contribution in [2.75, 3.05) is 6.54 Å². The van der Waals surface area contributed by atoms with Crippen LogP contribution in [0.3, 0.4) is 0 Å². The van der Waals surface area contributed by atoms with Gasteiger partial charge in [0, 0.05) is 16.3 Å². The van der Waals surface area contributed by atoms with Crippen molar-refractivity contribution in [3.8, 4) is 0 Å². The number of thiophene rings is 1. The standard InChI is InChI=1S/C12H16ClNS/c13-11-5-4-10(15-11)12(6-2-7-12)9-3-1-8-14-9/h4-5,9,14H,1-3,6-8H2. The zero-order chi connectivity index (χ0) is 10.3. The molecule has 15 heavy (non-hydrogen) atoms. The molecule has 1 aliphatic heterocycles. The summed E-state index contributed by atoms with van der Waals surface area (Å²) in [4.78, 5) is 1.51. The average Bonchev–Trinajstić information content (AvgIpc) is 2.75. The summed E-state index contributed by atoms with van der Waals surface area (Å²) < 4.78 is 0.939. The highest BCUT2D eigenvalue weighted by Crippen LogP contribution is 2.51. The molecule has 0 radical (unpaired) electrons. The van der Waals surface area contributed by atoms with Crippen molar-refractivity contribution >= 4 is 22.9 Å². The molecule has 2 aliphatic rings. The van der Waals surface area contributed by atoms with E-state index in [1.165, 1.54) is 43.5 Å². The van der Waals surface area contributed by atoms with Crippen molar-refractivity contribution in [1.29, 1.82) is 0 Å². The summed E-state index contributed by atoms with van der Waals surface area (Å²) in [5, 5.41) is 3.67. The molecule has 1 aliphatic carbocycles. The van der Waals surface area contributed by atoms with Gasteiger partial charge in [0.05, 0.1) is 4.34 Å². The summed E-state index contributed by atoms with van der Waals surface area (Å²) in [6.07, 6.45) is 6.76. The van der Waals surface area contributed by atoms with Gasteiger partial charge in [-0.2, -0.15) is 0 Å². The van der Waals surface area contributed by atoms with E-state index in [-0.39, 0.29) is 0 Å². The average molecular weight is 242 g/mol. The van der Waals surface area contributed by atoms with Gasteiger partial charge in [0.25, 0.3) is 0 Å². The number of hydrogen-bond donors (Lipinski definition) is 1. The van der Waals surface area contributed by atoms with Crippen LogP contribution in [-0.2, 0) is 5.41 Å². The summed E-state index contributed by atoms with van der Waals surface area (Å²) in [7, 11) is 0. The molecule has 82 valence electrons. The maximum Gasteiger partial charge on any atom is 0.0931 e. The lowest BCUT2D eigenvalue weighted by atomic mass is 9.63. The highest BCUT2D eigenvalue weighted by atomic mass is 35.5. The summed E-state index contributed by atoms with van der Waals surface area (Å²) in [5.41, 5.74) is 0.439. The zero-order valence-electron chi connectivity index (χ0n) is 8.76. The smallest absolute Gasteiger partial charge is 0.0931 e. The van der Waals surface area contributed by atoms with Crippen LogP contribution in [0.25, 0.3) is 0 Å². The van der Waals surface area contributed by atoms with E-state index < -0.39 is 0 Å². The molecule has 1 aromatic rings. The third kappa shape index (κ3) is 1.54. The third-order valence-corrected chi connectivity index (χ3v) is 5.49. The molecule has 1 saturated carbocycles. The number of hydrogen-bond acceptors (Lipinski definition) is 2. The van der Waals surface area contributed by atoms with Gasteiger partial charge in [0.2, 0.25) is 0 Å². The van der Waals surface area contributed by atoms with E-state index >= 15 is 0 Å². The maximum absolute atomic E-state index is 6.05. The molecule has 1 unspecified atom stereocenters. The Morgan fingerprint density at radius 1 is 1.33 bits per heavy atom. The topological polar surface area (TPSA) is 12.0 Å². The third-order valence-electron chi connectivity index (χ3n) is 4.04. The molecule has 0 amide bonds. The number of rotatable bonds is 2. The summed E-state index contributed by atoms with van der Waals surface area (Å²) in [6.45, 7) is 1.20. The molecule has 1 saturated heterocycles. The largest absolute Gasteiger partial charge is 0.313 e. The quantitative estimate of drug-likeness (QED) is 0.835. The second-order valence-corrected chi connectivity index (χ2v) is 6.48. The summed E-state index contributed by atoms with van der Waals surface area (Å²) in [5.74, 6) is 0. The van der Waals surface area contributed by atoms with Crippen molar-refractivity contribution in [1.82, 2.24) is 5.32 Å². The molecular weight excluding hydrogens is 226 g/mol. The summed E-state index contributed by atoms with van der Waals surface area (Å²) >= 11 is 7.84. The van der Waals surface area contributed by atoms with Gasteiger partial charge < -0.3 is 5.32 Å². The first-order chi connectivity index (χ1) is 7.31. The second kappa shape index (κ2) is 3.76. The van der Waals surface area contributed by atoms with Crippen molar-refractivity contribution in [3.05, 3.63) is 21.3 Å². The Labute approximate surface area is 99.8 Å². The van der Waals surface area contributed by atoms with E-state index in [2.05, 4.69) is 17.4 Å². The van der Waals surface area contributed by atoms with Gasteiger partial charge in [-0.25, -0.2) is 0 Å². The van der Waals surface area contributed by atoms with Gasteiger partial charge in [-0.1, -0.05) is 18.0 Å². The normalized spacial score (nSPS) is 29.0.